The van der Waals surface area contributed by atoms with E-state index in [1.165, 1.54) is 11.6 Å². The molecular weight excluding hydrogens is 417 g/mol. The zero-order valence-electron chi connectivity index (χ0n) is 18.6. The van der Waals surface area contributed by atoms with Gasteiger partial charge in [-0.05, 0) is 74.9 Å². The zero-order valence-corrected chi connectivity index (χ0v) is 18.6. The number of hydrogen-bond acceptors (Lipinski definition) is 5. The molecule has 33 heavy (non-hydrogen) atoms. The van der Waals surface area contributed by atoms with Crippen molar-refractivity contribution in [3.8, 4) is 0 Å². The van der Waals surface area contributed by atoms with Crippen LogP contribution in [-0.4, -0.2) is 15.9 Å². The molecule has 0 fully saturated rings. The van der Waals surface area contributed by atoms with Gasteiger partial charge < -0.3 is 16.0 Å². The largest absolute Gasteiger partial charge is 0.340 e. The molecule has 1 aromatic heterocycles. The molecule has 4 rings (SSSR count). The fourth-order valence-corrected chi connectivity index (χ4v) is 3.18. The second-order valence-electron chi connectivity index (χ2n) is 7.83. The van der Waals surface area contributed by atoms with Crippen LogP contribution in [0.25, 0.3) is 0 Å². The Balaban J connectivity index is 1.43. The van der Waals surface area contributed by atoms with E-state index in [4.69, 9.17) is 0 Å². The number of nitrogens with zero attached hydrogens (tertiary/aromatic N) is 2. The highest BCUT2D eigenvalue weighted by Gasteiger charge is 2.09. The molecule has 0 saturated carbocycles. The van der Waals surface area contributed by atoms with Gasteiger partial charge >= 0.3 is 0 Å². The third kappa shape index (κ3) is 5.71. The average molecular weight is 442 g/mol. The number of rotatable bonds is 6. The van der Waals surface area contributed by atoms with Gasteiger partial charge in [-0.1, -0.05) is 23.8 Å². The summed E-state index contributed by atoms with van der Waals surface area (Å²) in [7, 11) is 0. The molecule has 4 aromatic rings. The highest BCUT2D eigenvalue weighted by atomic mass is 19.1. The van der Waals surface area contributed by atoms with Crippen molar-refractivity contribution in [1.29, 1.82) is 0 Å². The van der Waals surface area contributed by atoms with Gasteiger partial charge in [0.05, 0.1) is 0 Å². The first-order chi connectivity index (χ1) is 15.9. The van der Waals surface area contributed by atoms with Gasteiger partial charge in [0.15, 0.2) is 0 Å². The molecule has 0 unspecified atom stereocenters. The van der Waals surface area contributed by atoms with Gasteiger partial charge in [-0.3, -0.25) is 4.79 Å². The van der Waals surface area contributed by atoms with Crippen LogP contribution in [0.3, 0.4) is 0 Å². The fraction of sp³-hybridized carbons (Fsp3) is 0.115. The van der Waals surface area contributed by atoms with E-state index in [0.717, 1.165) is 17.1 Å². The Morgan fingerprint density at radius 1 is 0.758 bits per heavy atom. The Morgan fingerprint density at radius 3 is 2.09 bits per heavy atom. The molecule has 1 amide bonds. The molecule has 3 aromatic carbocycles. The van der Waals surface area contributed by atoms with E-state index >= 15 is 0 Å². The van der Waals surface area contributed by atoms with E-state index in [0.29, 0.717) is 23.0 Å². The maximum Gasteiger partial charge on any atom is 0.255 e. The number of anilines is 5. The first kappa shape index (κ1) is 22.0. The Labute approximate surface area is 191 Å². The van der Waals surface area contributed by atoms with Gasteiger partial charge in [-0.2, -0.15) is 4.98 Å². The summed E-state index contributed by atoms with van der Waals surface area (Å²) in [5.41, 5.74) is 5.08. The molecule has 6 nitrogen and oxygen atoms in total. The highest BCUT2D eigenvalue weighted by molar-refractivity contribution is 6.04. The molecule has 0 aliphatic heterocycles. The number of carbonyl (C=O) groups is 1. The number of amides is 1. The van der Waals surface area contributed by atoms with Crippen molar-refractivity contribution < 1.29 is 9.18 Å². The molecule has 0 aliphatic rings. The number of aryl methyl sites for hydroxylation is 3. The smallest absolute Gasteiger partial charge is 0.255 e. The van der Waals surface area contributed by atoms with Crippen molar-refractivity contribution >= 4 is 34.7 Å². The summed E-state index contributed by atoms with van der Waals surface area (Å²) in [6.07, 6.45) is 0. The van der Waals surface area contributed by atoms with E-state index < -0.39 is 5.82 Å². The van der Waals surface area contributed by atoms with Crippen LogP contribution < -0.4 is 16.0 Å². The van der Waals surface area contributed by atoms with Gasteiger partial charge in [-0.15, -0.1) is 0 Å². The summed E-state index contributed by atoms with van der Waals surface area (Å²) >= 11 is 0. The summed E-state index contributed by atoms with van der Waals surface area (Å²) in [5, 5.41) is 9.24. The average Bonchev–Trinajstić information content (AvgIpc) is 2.78. The van der Waals surface area contributed by atoms with Crippen LogP contribution in [0, 0.1) is 26.6 Å². The van der Waals surface area contributed by atoms with Crippen molar-refractivity contribution in [2.75, 3.05) is 16.0 Å². The first-order valence-electron chi connectivity index (χ1n) is 10.5. The Hall–Kier alpha value is -4.26. The monoisotopic (exact) mass is 441 g/mol. The van der Waals surface area contributed by atoms with E-state index in [9.17, 15) is 9.18 Å². The van der Waals surface area contributed by atoms with Crippen molar-refractivity contribution in [3.05, 3.63) is 101 Å². The number of aromatic nitrogens is 2. The third-order valence-electron chi connectivity index (χ3n) is 5.01. The molecule has 166 valence electrons. The normalized spacial score (nSPS) is 10.5. The van der Waals surface area contributed by atoms with Crippen LogP contribution in [0.2, 0.25) is 0 Å². The molecule has 0 radical (unpaired) electrons. The van der Waals surface area contributed by atoms with Crippen LogP contribution in [0.1, 0.15) is 27.2 Å². The van der Waals surface area contributed by atoms with Crippen LogP contribution in [0.5, 0.6) is 0 Å². The Bertz CT molecular complexity index is 1290. The SMILES string of the molecule is Cc1ccc(Nc2nc(C)cc(Nc3ccc(NC(=O)c4ccc(C)c(F)c4)cc3)n2)cc1. The Kier molecular flexibility index (Phi) is 6.31. The third-order valence-corrected chi connectivity index (χ3v) is 5.01. The van der Waals surface area contributed by atoms with E-state index in [-0.39, 0.29) is 11.5 Å². The van der Waals surface area contributed by atoms with E-state index in [2.05, 4.69) is 25.9 Å². The lowest BCUT2D eigenvalue weighted by molar-refractivity contribution is 0.102. The number of carbonyl (C=O) groups excluding carboxylic acids is 1. The molecule has 0 bridgehead atoms. The lowest BCUT2D eigenvalue weighted by Gasteiger charge is -2.11. The molecule has 0 aliphatic carbocycles. The molecule has 0 spiro atoms. The topological polar surface area (TPSA) is 78.9 Å². The maximum absolute atomic E-state index is 13.7. The summed E-state index contributed by atoms with van der Waals surface area (Å²) in [6.45, 7) is 5.59. The van der Waals surface area contributed by atoms with Gasteiger partial charge in [0.2, 0.25) is 5.95 Å². The Morgan fingerprint density at radius 2 is 1.39 bits per heavy atom. The second-order valence-corrected chi connectivity index (χ2v) is 7.83. The molecule has 3 N–H and O–H groups in total. The van der Waals surface area contributed by atoms with Gasteiger partial charge in [-0.25, -0.2) is 9.37 Å². The van der Waals surface area contributed by atoms with Crippen LogP contribution >= 0.6 is 0 Å². The summed E-state index contributed by atoms with van der Waals surface area (Å²) in [5.74, 6) is 0.367. The lowest BCUT2D eigenvalue weighted by Crippen LogP contribution is -2.12. The van der Waals surface area contributed by atoms with Crippen LogP contribution in [-0.2, 0) is 0 Å². The van der Waals surface area contributed by atoms with Crippen molar-refractivity contribution in [2.24, 2.45) is 0 Å². The summed E-state index contributed by atoms with van der Waals surface area (Å²) in [6, 6.07) is 21.5. The zero-order chi connectivity index (χ0) is 23.4. The number of benzene rings is 3. The minimum Gasteiger partial charge on any atom is -0.340 e. The van der Waals surface area contributed by atoms with Gasteiger partial charge in [0.25, 0.3) is 5.91 Å². The molecule has 0 atom stereocenters. The van der Waals surface area contributed by atoms with Crippen molar-refractivity contribution in [2.45, 2.75) is 20.8 Å². The number of hydrogen-bond donors (Lipinski definition) is 3. The minimum absolute atomic E-state index is 0.269. The standard InChI is InChI=1S/C26H24FN5O/c1-16-4-8-22(9-5-16)31-26-28-18(3)14-24(32-26)29-20-10-12-21(13-11-20)30-25(33)19-7-6-17(2)23(27)15-19/h4-15H,1-3H3,(H,30,33)(H2,28,29,31,32). The molecule has 1 heterocycles. The minimum atomic E-state index is -0.404. The molecule has 0 saturated heterocycles. The predicted molar refractivity (Wildman–Crippen MR) is 130 cm³/mol. The van der Waals surface area contributed by atoms with E-state index in [1.807, 2.05) is 56.3 Å². The fourth-order valence-electron chi connectivity index (χ4n) is 3.18. The van der Waals surface area contributed by atoms with Gasteiger partial charge in [0, 0.05) is 34.4 Å². The molecule has 7 heteroatoms. The number of halogens is 1. The quantitative estimate of drug-likeness (QED) is 0.328. The molecular formula is C26H24FN5O. The summed E-state index contributed by atoms with van der Waals surface area (Å²) < 4.78 is 13.7. The summed E-state index contributed by atoms with van der Waals surface area (Å²) in [4.78, 5) is 21.4. The van der Waals surface area contributed by atoms with Gasteiger partial charge in [0.1, 0.15) is 11.6 Å². The highest BCUT2D eigenvalue weighted by Crippen LogP contribution is 2.21. The van der Waals surface area contributed by atoms with Crippen molar-refractivity contribution in [3.63, 3.8) is 0 Å². The van der Waals surface area contributed by atoms with Crippen LogP contribution in [0.15, 0.2) is 72.8 Å². The number of nitrogens with one attached hydrogen (secondary N) is 3. The first-order valence-corrected chi connectivity index (χ1v) is 10.5. The second kappa shape index (κ2) is 9.48. The predicted octanol–water partition coefficient (Wildman–Crippen LogP) is 6.28. The van der Waals surface area contributed by atoms with Crippen molar-refractivity contribution in [1.82, 2.24) is 9.97 Å². The maximum atomic E-state index is 13.7. The lowest BCUT2D eigenvalue weighted by atomic mass is 10.1. The van der Waals surface area contributed by atoms with E-state index in [1.54, 1.807) is 31.2 Å². The van der Waals surface area contributed by atoms with Crippen LogP contribution in [0.4, 0.5) is 33.2 Å².